The van der Waals surface area contributed by atoms with E-state index in [1.165, 1.54) is 11.3 Å². The van der Waals surface area contributed by atoms with Crippen LogP contribution < -0.4 is 29.7 Å². The van der Waals surface area contributed by atoms with Crippen LogP contribution in [0.1, 0.15) is 31.0 Å². The van der Waals surface area contributed by atoms with E-state index in [4.69, 9.17) is 19.2 Å². The zero-order chi connectivity index (χ0) is 31.4. The smallest absolute Gasteiger partial charge is 0.344 e. The number of benzene rings is 3. The predicted octanol–water partition coefficient (Wildman–Crippen LogP) is 5.03. The molecule has 0 aliphatic carbocycles. The van der Waals surface area contributed by atoms with E-state index >= 15 is 0 Å². The Morgan fingerprint density at radius 3 is 2.59 bits per heavy atom. The third-order valence-electron chi connectivity index (χ3n) is 6.67. The second kappa shape index (κ2) is 14.1. The number of thiazole rings is 1. The van der Waals surface area contributed by atoms with E-state index in [9.17, 15) is 14.4 Å². The first-order chi connectivity index (χ1) is 21.2. The van der Waals surface area contributed by atoms with Crippen molar-refractivity contribution in [2.75, 3.05) is 25.6 Å². The van der Waals surface area contributed by atoms with Crippen molar-refractivity contribution >= 4 is 80.2 Å². The number of rotatable bonds is 9. The lowest BCUT2D eigenvalue weighted by Crippen LogP contribution is -2.40. The molecule has 3 aromatic carbocycles. The van der Waals surface area contributed by atoms with Gasteiger partial charge in [0.15, 0.2) is 11.4 Å². The lowest BCUT2D eigenvalue weighted by molar-refractivity contribution is -0.145. The van der Waals surface area contributed by atoms with E-state index in [0.29, 0.717) is 48.9 Å². The number of ether oxygens (including phenoxy) is 3. The number of amides is 1. The van der Waals surface area contributed by atoms with E-state index in [1.54, 1.807) is 43.7 Å². The number of methoxy groups -OCH3 is 1. The van der Waals surface area contributed by atoms with Gasteiger partial charge in [-0.3, -0.25) is 14.2 Å². The second-order valence-electron chi connectivity index (χ2n) is 9.58. The lowest BCUT2D eigenvalue weighted by Gasteiger charge is -2.25. The zero-order valence-corrected chi connectivity index (χ0v) is 29.1. The van der Waals surface area contributed by atoms with Crippen molar-refractivity contribution < 1.29 is 23.8 Å². The molecule has 1 N–H and O–H groups in total. The van der Waals surface area contributed by atoms with Crippen molar-refractivity contribution in [1.29, 1.82) is 0 Å². The highest BCUT2D eigenvalue weighted by Gasteiger charge is 2.33. The second-order valence-corrected chi connectivity index (χ2v) is 13.0. The van der Waals surface area contributed by atoms with Gasteiger partial charge in [0.2, 0.25) is 0 Å². The van der Waals surface area contributed by atoms with Crippen molar-refractivity contribution in [1.82, 2.24) is 4.57 Å². The van der Waals surface area contributed by atoms with Crippen molar-refractivity contribution in [3.05, 3.63) is 116 Å². The van der Waals surface area contributed by atoms with Crippen molar-refractivity contribution in [3.63, 3.8) is 0 Å². The molecule has 0 fully saturated rings. The van der Waals surface area contributed by atoms with Crippen LogP contribution in [0.4, 0.5) is 5.69 Å². The molecule has 0 bridgehead atoms. The third kappa shape index (κ3) is 6.91. The Morgan fingerprint density at radius 2 is 1.86 bits per heavy atom. The van der Waals surface area contributed by atoms with Gasteiger partial charge in [0.1, 0.15) is 11.5 Å². The summed E-state index contributed by atoms with van der Waals surface area (Å²) in [4.78, 5) is 45.2. The fourth-order valence-electron chi connectivity index (χ4n) is 4.77. The molecule has 0 saturated carbocycles. The van der Waals surface area contributed by atoms with Crippen molar-refractivity contribution in [3.8, 4) is 11.5 Å². The maximum absolute atomic E-state index is 14.2. The van der Waals surface area contributed by atoms with Crippen LogP contribution in [-0.4, -0.2) is 36.8 Å². The van der Waals surface area contributed by atoms with Crippen LogP contribution in [0.5, 0.6) is 11.5 Å². The molecule has 9 nitrogen and oxygen atoms in total. The van der Waals surface area contributed by atoms with E-state index in [2.05, 4.69) is 50.5 Å². The van der Waals surface area contributed by atoms with Crippen LogP contribution in [0.3, 0.4) is 0 Å². The van der Waals surface area contributed by atoms with Gasteiger partial charge >= 0.3 is 5.97 Å². The maximum Gasteiger partial charge on any atom is 0.344 e. The first-order valence-corrected chi connectivity index (χ1v) is 16.5. The molecule has 226 valence electrons. The van der Waals surface area contributed by atoms with E-state index < -0.39 is 12.0 Å². The fraction of sp³-hybridized carbons (Fsp3) is 0.188. The molecule has 12 heteroatoms. The Hall–Kier alpha value is -3.50. The number of anilines is 1. The average molecular weight is 835 g/mol. The predicted molar refractivity (Wildman–Crippen MR) is 186 cm³/mol. The Labute approximate surface area is 284 Å². The van der Waals surface area contributed by atoms with Gasteiger partial charge in [0.25, 0.3) is 11.5 Å². The Kier molecular flexibility index (Phi) is 10.2. The molecule has 1 amide bonds. The molecule has 1 aromatic heterocycles. The maximum atomic E-state index is 14.2. The normalized spacial score (nSPS) is 14.5. The molecule has 1 atom stereocenters. The van der Waals surface area contributed by atoms with Gasteiger partial charge in [-0.1, -0.05) is 41.7 Å². The van der Waals surface area contributed by atoms with Crippen molar-refractivity contribution in [2.45, 2.75) is 19.9 Å². The Morgan fingerprint density at radius 1 is 1.09 bits per heavy atom. The SMILES string of the molecule is CCOC(=O)COc1c(I)cc(I)cc1/C=c1\sc2n(c1=O)[C@H](c1cccc(OC)c1)C(C(=O)Nc1ccccc1)=C(C)N=2. The number of esters is 1. The van der Waals surface area contributed by atoms with Gasteiger partial charge in [-0.05, 0) is 107 Å². The molecule has 5 rings (SSSR count). The minimum atomic E-state index is -0.761. The molecule has 1 aliphatic rings. The number of nitrogens with one attached hydrogen (secondary N) is 1. The molecule has 0 unspecified atom stereocenters. The number of carbonyl (C=O) groups is 2. The van der Waals surface area contributed by atoms with Crippen LogP contribution in [-0.2, 0) is 14.3 Å². The number of hydrogen-bond acceptors (Lipinski definition) is 8. The van der Waals surface area contributed by atoms with Gasteiger partial charge in [-0.2, -0.15) is 0 Å². The lowest BCUT2D eigenvalue weighted by atomic mass is 9.95. The number of allylic oxidation sites excluding steroid dienone is 1. The van der Waals surface area contributed by atoms with Gasteiger partial charge in [-0.25, -0.2) is 9.79 Å². The summed E-state index contributed by atoms with van der Waals surface area (Å²) in [6.07, 6.45) is 1.74. The van der Waals surface area contributed by atoms with E-state index in [1.807, 2.05) is 54.6 Å². The third-order valence-corrected chi connectivity index (χ3v) is 9.08. The first kappa shape index (κ1) is 31.9. The van der Waals surface area contributed by atoms with Crippen LogP contribution >= 0.6 is 56.5 Å². The van der Waals surface area contributed by atoms with Crippen LogP contribution in [0.15, 0.2) is 87.8 Å². The molecule has 4 aromatic rings. The summed E-state index contributed by atoms with van der Waals surface area (Å²) in [5.41, 5.74) is 2.50. The molecule has 44 heavy (non-hydrogen) atoms. The summed E-state index contributed by atoms with van der Waals surface area (Å²) in [5, 5.41) is 2.96. The average Bonchev–Trinajstić information content (AvgIpc) is 3.30. The summed E-state index contributed by atoms with van der Waals surface area (Å²) in [7, 11) is 1.57. The van der Waals surface area contributed by atoms with Gasteiger partial charge in [0, 0.05) is 14.8 Å². The first-order valence-electron chi connectivity index (χ1n) is 13.5. The molecular formula is C32H27I2N3O6S. The van der Waals surface area contributed by atoms with Gasteiger partial charge in [-0.15, -0.1) is 0 Å². The highest BCUT2D eigenvalue weighted by molar-refractivity contribution is 14.1. The highest BCUT2D eigenvalue weighted by atomic mass is 127. The highest BCUT2D eigenvalue weighted by Crippen LogP contribution is 2.33. The molecule has 0 saturated heterocycles. The number of fused-ring (bicyclic) bond motifs is 1. The molecule has 2 heterocycles. The number of carbonyl (C=O) groups excluding carboxylic acids is 2. The summed E-state index contributed by atoms with van der Waals surface area (Å²) >= 11 is 5.56. The van der Waals surface area contributed by atoms with Gasteiger partial charge in [0.05, 0.1) is 39.1 Å². The monoisotopic (exact) mass is 835 g/mol. The summed E-state index contributed by atoms with van der Waals surface area (Å²) in [6, 6.07) is 19.5. The van der Waals surface area contributed by atoms with Crippen molar-refractivity contribution in [2.24, 2.45) is 4.99 Å². The number of nitrogens with zero attached hydrogens (tertiary/aromatic N) is 2. The number of para-hydroxylation sites is 1. The topological polar surface area (TPSA) is 108 Å². The van der Waals surface area contributed by atoms with Crippen LogP contribution in [0.25, 0.3) is 6.08 Å². The summed E-state index contributed by atoms with van der Waals surface area (Å²) in [6.45, 7) is 3.49. The summed E-state index contributed by atoms with van der Waals surface area (Å²) < 4.78 is 20.0. The summed E-state index contributed by atoms with van der Waals surface area (Å²) in [5.74, 6) is 0.218. The van der Waals surface area contributed by atoms with E-state index in [-0.39, 0.29) is 24.7 Å². The molecule has 0 spiro atoms. The standard InChI is InChI=1S/C32H27I2N3O6S/c1-4-42-26(38)17-43-29-20(13-21(33)16-24(29)34)15-25-31(40)37-28(19-9-8-12-23(14-19)41-3)27(18(2)35-32(37)44-25)30(39)36-22-10-6-5-7-11-22/h5-16,28H,4,17H2,1-3H3,(H,36,39)/b25-15-/t28-/m1/s1. The zero-order valence-electron chi connectivity index (χ0n) is 23.9. The number of aromatic nitrogens is 1. The van der Waals surface area contributed by atoms with Gasteiger partial charge < -0.3 is 19.5 Å². The van der Waals surface area contributed by atoms with E-state index in [0.717, 1.165) is 7.14 Å². The molecule has 1 aliphatic heterocycles. The Bertz CT molecular complexity index is 1950. The number of hydrogen-bond donors (Lipinski definition) is 1. The molecule has 0 radical (unpaired) electrons. The fourth-order valence-corrected chi connectivity index (χ4v) is 7.86. The Balaban J connectivity index is 1.66. The van der Waals surface area contributed by atoms with Crippen LogP contribution in [0, 0.1) is 7.14 Å². The van der Waals surface area contributed by atoms with Crippen LogP contribution in [0.2, 0.25) is 0 Å². The number of halogens is 2. The largest absolute Gasteiger partial charge is 0.497 e. The minimum absolute atomic E-state index is 0.249. The quantitative estimate of drug-likeness (QED) is 0.187. The minimum Gasteiger partial charge on any atom is -0.497 e. The molecular weight excluding hydrogens is 808 g/mol.